The fourth-order valence-corrected chi connectivity index (χ4v) is 5.30. The van der Waals surface area contributed by atoms with E-state index in [1.807, 2.05) is 49.4 Å². The van der Waals surface area contributed by atoms with E-state index in [2.05, 4.69) is 22.4 Å². The van der Waals surface area contributed by atoms with Gasteiger partial charge in [0.25, 0.3) is 5.91 Å². The molecule has 8 heteroatoms. The maximum atomic E-state index is 13.2. The van der Waals surface area contributed by atoms with Crippen molar-refractivity contribution in [2.24, 2.45) is 11.8 Å². The van der Waals surface area contributed by atoms with Gasteiger partial charge in [-0.3, -0.25) is 4.79 Å². The molecule has 0 radical (unpaired) electrons. The first kappa shape index (κ1) is 27.5. The third-order valence-electron chi connectivity index (χ3n) is 7.22. The zero-order chi connectivity index (χ0) is 27.1. The van der Waals surface area contributed by atoms with Gasteiger partial charge in [-0.05, 0) is 61.8 Å². The van der Waals surface area contributed by atoms with Crippen molar-refractivity contribution in [3.63, 3.8) is 0 Å². The molecule has 1 aromatic heterocycles. The van der Waals surface area contributed by atoms with Crippen molar-refractivity contribution in [1.82, 2.24) is 10.3 Å². The molecule has 1 saturated heterocycles. The first-order valence-electron chi connectivity index (χ1n) is 12.9. The Morgan fingerprint density at radius 3 is 2.50 bits per heavy atom. The van der Waals surface area contributed by atoms with Crippen LogP contribution in [-0.2, 0) is 22.4 Å². The maximum Gasteiger partial charge on any atom is 0.328 e. The topological polar surface area (TPSA) is 97.8 Å². The summed E-state index contributed by atoms with van der Waals surface area (Å²) in [5.41, 5.74) is 2.16. The molecular formula is C30H33ClN2O5. The summed E-state index contributed by atoms with van der Waals surface area (Å²) < 4.78 is 11.1. The highest BCUT2D eigenvalue weighted by Gasteiger charge is 2.35. The van der Waals surface area contributed by atoms with Gasteiger partial charge in [-0.25, -0.2) is 9.78 Å². The smallest absolute Gasteiger partial charge is 0.328 e. The summed E-state index contributed by atoms with van der Waals surface area (Å²) >= 11 is 6.11. The normalized spacial score (nSPS) is 21.9. The number of aromatic hydroxyl groups is 1. The van der Waals surface area contributed by atoms with Crippen LogP contribution in [0.15, 0.2) is 66.9 Å². The number of carbonyl (C=O) groups excluding carboxylic acids is 2. The number of amides is 1. The Kier molecular flexibility index (Phi) is 9.24. The number of halogens is 1. The van der Waals surface area contributed by atoms with E-state index in [0.717, 1.165) is 19.3 Å². The van der Waals surface area contributed by atoms with E-state index in [-0.39, 0.29) is 35.1 Å². The third-order valence-corrected chi connectivity index (χ3v) is 7.47. The van der Waals surface area contributed by atoms with Crippen molar-refractivity contribution in [3.8, 4) is 11.5 Å². The maximum absolute atomic E-state index is 13.2. The van der Waals surface area contributed by atoms with Crippen molar-refractivity contribution in [2.45, 2.75) is 51.2 Å². The SMILES string of the molecule is COc1ccnc(C(=O)NC2CCCC(Cc3ccc(Cl)cc3)C(Cc3ccccc3)C(C)OC2=O)c1O. The van der Waals surface area contributed by atoms with E-state index in [0.29, 0.717) is 17.9 Å². The van der Waals surface area contributed by atoms with Crippen molar-refractivity contribution in [2.75, 3.05) is 7.11 Å². The minimum Gasteiger partial charge on any atom is -0.503 e. The Bertz CT molecular complexity index is 1240. The number of pyridine rings is 1. The number of ether oxygens (including phenoxy) is 2. The quantitative estimate of drug-likeness (QED) is 0.393. The van der Waals surface area contributed by atoms with Gasteiger partial charge < -0.3 is 19.9 Å². The van der Waals surface area contributed by atoms with Crippen LogP contribution in [0.3, 0.4) is 0 Å². The van der Waals surface area contributed by atoms with E-state index in [1.165, 1.54) is 30.5 Å². The highest BCUT2D eigenvalue weighted by Crippen LogP contribution is 2.33. The molecule has 1 aliphatic rings. The van der Waals surface area contributed by atoms with Crippen LogP contribution in [0.2, 0.25) is 5.02 Å². The second kappa shape index (κ2) is 12.8. The van der Waals surface area contributed by atoms with Gasteiger partial charge in [-0.1, -0.05) is 60.5 Å². The zero-order valence-corrected chi connectivity index (χ0v) is 22.4. The van der Waals surface area contributed by atoms with Crippen molar-refractivity contribution < 1.29 is 24.2 Å². The minimum atomic E-state index is -0.857. The monoisotopic (exact) mass is 536 g/mol. The predicted octanol–water partition coefficient (Wildman–Crippen LogP) is 5.38. The van der Waals surface area contributed by atoms with E-state index in [9.17, 15) is 14.7 Å². The van der Waals surface area contributed by atoms with Gasteiger partial charge in [0.15, 0.2) is 17.2 Å². The average Bonchev–Trinajstić information content (AvgIpc) is 2.96. The van der Waals surface area contributed by atoms with E-state index >= 15 is 0 Å². The van der Waals surface area contributed by atoms with Crippen LogP contribution in [0.25, 0.3) is 0 Å². The molecule has 1 amide bonds. The highest BCUT2D eigenvalue weighted by atomic mass is 35.5. The van der Waals surface area contributed by atoms with Crippen LogP contribution in [0.5, 0.6) is 11.5 Å². The lowest BCUT2D eigenvalue weighted by atomic mass is 9.77. The summed E-state index contributed by atoms with van der Waals surface area (Å²) in [6, 6.07) is 18.7. The highest BCUT2D eigenvalue weighted by molar-refractivity contribution is 6.30. The first-order chi connectivity index (χ1) is 18.4. The number of methoxy groups -OCH3 is 1. The van der Waals surface area contributed by atoms with E-state index < -0.39 is 17.9 Å². The molecule has 7 nitrogen and oxygen atoms in total. The fraction of sp³-hybridized carbons (Fsp3) is 0.367. The molecule has 0 aliphatic carbocycles. The Hall–Kier alpha value is -3.58. The lowest BCUT2D eigenvalue weighted by molar-refractivity contribution is -0.153. The number of nitrogens with zero attached hydrogens (tertiary/aromatic N) is 1. The second-order valence-electron chi connectivity index (χ2n) is 9.75. The molecule has 3 aromatic rings. The first-order valence-corrected chi connectivity index (χ1v) is 13.2. The number of rotatable bonds is 7. The van der Waals surface area contributed by atoms with Gasteiger partial charge in [0.1, 0.15) is 12.1 Å². The molecule has 4 rings (SSSR count). The Balaban J connectivity index is 1.55. The molecular weight excluding hydrogens is 504 g/mol. The van der Waals surface area contributed by atoms with Gasteiger partial charge in [0, 0.05) is 23.2 Å². The summed E-state index contributed by atoms with van der Waals surface area (Å²) in [7, 11) is 1.39. The number of aromatic nitrogens is 1. The largest absolute Gasteiger partial charge is 0.503 e. The van der Waals surface area contributed by atoms with Gasteiger partial charge in [-0.2, -0.15) is 0 Å². The zero-order valence-electron chi connectivity index (χ0n) is 21.6. The molecule has 2 N–H and O–H groups in total. The number of hydrogen-bond donors (Lipinski definition) is 2. The molecule has 2 aromatic carbocycles. The summed E-state index contributed by atoms with van der Waals surface area (Å²) in [5.74, 6) is -1.06. The number of esters is 1. The molecule has 200 valence electrons. The summed E-state index contributed by atoms with van der Waals surface area (Å²) in [6.07, 6.45) is 4.58. The van der Waals surface area contributed by atoms with Crippen LogP contribution >= 0.6 is 11.6 Å². The van der Waals surface area contributed by atoms with E-state index in [1.54, 1.807) is 0 Å². The molecule has 4 atom stereocenters. The number of cyclic esters (lactones) is 1. The standard InChI is InChI=1S/C30H33ClN2O5/c1-19-24(18-20-7-4-3-5-8-20)22(17-21-11-13-23(31)14-12-21)9-6-10-25(30(36)38-19)33-29(35)27-28(34)26(37-2)15-16-32-27/h3-5,7-8,11-16,19,22,24-25,34H,6,9-10,17-18H2,1-2H3,(H,33,35). The summed E-state index contributed by atoms with van der Waals surface area (Å²) in [6.45, 7) is 1.93. The van der Waals surface area contributed by atoms with Crippen LogP contribution < -0.4 is 10.1 Å². The van der Waals surface area contributed by atoms with Crippen LogP contribution in [0, 0.1) is 11.8 Å². The molecule has 0 spiro atoms. The summed E-state index contributed by atoms with van der Waals surface area (Å²) in [4.78, 5) is 30.2. The molecule has 4 unspecified atom stereocenters. The minimum absolute atomic E-state index is 0.0792. The molecule has 2 heterocycles. The molecule has 0 saturated carbocycles. The average molecular weight is 537 g/mol. The van der Waals surface area contributed by atoms with Gasteiger partial charge in [0.2, 0.25) is 0 Å². The third kappa shape index (κ3) is 6.84. The molecule has 1 fully saturated rings. The molecule has 0 bridgehead atoms. The number of hydrogen-bond acceptors (Lipinski definition) is 6. The van der Waals surface area contributed by atoms with Crippen molar-refractivity contribution >= 4 is 23.5 Å². The lowest BCUT2D eigenvalue weighted by Crippen LogP contribution is -2.43. The predicted molar refractivity (Wildman–Crippen MR) is 145 cm³/mol. The van der Waals surface area contributed by atoms with Crippen molar-refractivity contribution in [3.05, 3.63) is 88.7 Å². The number of carbonyl (C=O) groups is 2. The van der Waals surface area contributed by atoms with Crippen molar-refractivity contribution in [1.29, 1.82) is 0 Å². The van der Waals surface area contributed by atoms with Gasteiger partial charge >= 0.3 is 5.97 Å². The Labute approximate surface area is 228 Å². The number of nitrogens with one attached hydrogen (secondary N) is 1. The van der Waals surface area contributed by atoms with Gasteiger partial charge in [-0.15, -0.1) is 0 Å². The van der Waals surface area contributed by atoms with Crippen LogP contribution in [0.1, 0.15) is 47.8 Å². The Morgan fingerprint density at radius 1 is 1.08 bits per heavy atom. The molecule has 1 aliphatic heterocycles. The van der Waals surface area contributed by atoms with Crippen LogP contribution in [-0.4, -0.2) is 41.2 Å². The van der Waals surface area contributed by atoms with Gasteiger partial charge in [0.05, 0.1) is 7.11 Å². The molecule has 38 heavy (non-hydrogen) atoms. The number of benzene rings is 2. The van der Waals surface area contributed by atoms with Crippen LogP contribution in [0.4, 0.5) is 0 Å². The summed E-state index contributed by atoms with van der Waals surface area (Å²) in [5, 5.41) is 13.8. The second-order valence-corrected chi connectivity index (χ2v) is 10.2. The van der Waals surface area contributed by atoms with E-state index in [4.69, 9.17) is 21.1 Å². The fourth-order valence-electron chi connectivity index (χ4n) is 5.17. The Morgan fingerprint density at radius 2 is 1.79 bits per heavy atom. The lowest BCUT2D eigenvalue weighted by Gasteiger charge is -2.31.